The molecule has 2 aliphatic rings. The minimum atomic E-state index is 0.347. The quantitative estimate of drug-likeness (QED) is 0.719. The molecule has 1 aromatic carbocycles. The van der Waals surface area contributed by atoms with Crippen LogP contribution >= 0.6 is 0 Å². The van der Waals surface area contributed by atoms with Crippen LogP contribution in [0.3, 0.4) is 0 Å². The molecule has 0 atom stereocenters. The van der Waals surface area contributed by atoms with Crippen LogP contribution in [0.15, 0.2) is 18.2 Å². The van der Waals surface area contributed by atoms with Crippen LogP contribution in [0.1, 0.15) is 29.5 Å². The molecule has 0 aliphatic carbocycles. The Hall–Kier alpha value is -0.860. The van der Waals surface area contributed by atoms with Crippen molar-refractivity contribution in [1.82, 2.24) is 5.32 Å². The molecule has 16 heavy (non-hydrogen) atoms. The number of hydrogen-bond acceptors (Lipinski definition) is 2. The zero-order valence-corrected chi connectivity index (χ0v) is 9.88. The highest BCUT2D eigenvalue weighted by Gasteiger charge is 2.37. The average molecular weight is 217 g/mol. The number of nitrogens with one attached hydrogen (secondary N) is 1. The number of rotatable bonds is 0. The minimum Gasteiger partial charge on any atom is -0.381 e. The summed E-state index contributed by atoms with van der Waals surface area (Å²) >= 11 is 0. The van der Waals surface area contributed by atoms with Crippen molar-refractivity contribution < 1.29 is 4.74 Å². The van der Waals surface area contributed by atoms with Crippen LogP contribution in [0.25, 0.3) is 0 Å². The highest BCUT2D eigenvalue weighted by atomic mass is 16.5. The zero-order valence-electron chi connectivity index (χ0n) is 9.88. The Morgan fingerprint density at radius 1 is 1.25 bits per heavy atom. The Kier molecular flexibility index (Phi) is 2.49. The minimum absolute atomic E-state index is 0.347. The molecule has 1 fully saturated rings. The lowest BCUT2D eigenvalue weighted by molar-refractivity contribution is 0.0471. The fraction of sp³-hybridized carbons (Fsp3) is 0.571. The van der Waals surface area contributed by atoms with Gasteiger partial charge in [-0.3, -0.25) is 0 Å². The highest BCUT2D eigenvalue weighted by Crippen LogP contribution is 2.38. The van der Waals surface area contributed by atoms with Gasteiger partial charge in [-0.2, -0.15) is 0 Å². The standard InChI is InChI=1S/C14H19NO/c1-11-2-3-13-12(8-11)9-15-10-14(13)4-6-16-7-5-14/h2-3,8,15H,4-7,9-10H2,1H3. The van der Waals surface area contributed by atoms with Crippen LogP contribution < -0.4 is 5.32 Å². The lowest BCUT2D eigenvalue weighted by atomic mass is 9.70. The van der Waals surface area contributed by atoms with Crippen molar-refractivity contribution >= 4 is 0 Å². The summed E-state index contributed by atoms with van der Waals surface area (Å²) in [7, 11) is 0. The largest absolute Gasteiger partial charge is 0.381 e. The van der Waals surface area contributed by atoms with Crippen molar-refractivity contribution in [2.75, 3.05) is 19.8 Å². The van der Waals surface area contributed by atoms with Gasteiger partial charge in [-0.1, -0.05) is 23.8 Å². The van der Waals surface area contributed by atoms with Gasteiger partial charge in [0, 0.05) is 31.7 Å². The number of benzene rings is 1. The molecule has 0 amide bonds. The van der Waals surface area contributed by atoms with Gasteiger partial charge in [0.2, 0.25) is 0 Å². The van der Waals surface area contributed by atoms with Crippen LogP contribution in [-0.2, 0) is 16.7 Å². The van der Waals surface area contributed by atoms with Gasteiger partial charge in [-0.15, -0.1) is 0 Å². The van der Waals surface area contributed by atoms with Crippen LogP contribution in [-0.4, -0.2) is 19.8 Å². The molecule has 1 saturated heterocycles. The predicted octanol–water partition coefficient (Wildman–Crippen LogP) is 2.15. The summed E-state index contributed by atoms with van der Waals surface area (Å²) in [5.41, 5.74) is 4.78. The van der Waals surface area contributed by atoms with E-state index in [9.17, 15) is 0 Å². The van der Waals surface area contributed by atoms with E-state index in [1.54, 1.807) is 5.56 Å². The summed E-state index contributed by atoms with van der Waals surface area (Å²) in [6.45, 7) is 6.14. The first-order chi connectivity index (χ1) is 7.80. The SMILES string of the molecule is Cc1ccc2c(c1)CNCC21CCOCC1. The highest BCUT2D eigenvalue weighted by molar-refractivity contribution is 5.40. The van der Waals surface area contributed by atoms with E-state index < -0.39 is 0 Å². The molecule has 0 unspecified atom stereocenters. The molecule has 0 bridgehead atoms. The predicted molar refractivity (Wildman–Crippen MR) is 64.6 cm³/mol. The Morgan fingerprint density at radius 3 is 2.88 bits per heavy atom. The van der Waals surface area contributed by atoms with Gasteiger partial charge in [-0.25, -0.2) is 0 Å². The number of ether oxygens (including phenoxy) is 1. The number of aryl methyl sites for hydroxylation is 1. The van der Waals surface area contributed by atoms with Gasteiger partial charge in [-0.05, 0) is 30.9 Å². The second-order valence-corrected chi connectivity index (χ2v) is 5.16. The van der Waals surface area contributed by atoms with Crippen molar-refractivity contribution in [2.24, 2.45) is 0 Å². The zero-order chi connectivity index (χ0) is 11.0. The Balaban J connectivity index is 2.04. The lowest BCUT2D eigenvalue weighted by Gasteiger charge is -2.42. The third-order valence-electron chi connectivity index (χ3n) is 4.06. The molecular formula is C14H19NO. The summed E-state index contributed by atoms with van der Waals surface area (Å²) in [6, 6.07) is 6.93. The molecule has 2 heteroatoms. The smallest absolute Gasteiger partial charge is 0.0475 e. The van der Waals surface area contributed by atoms with E-state index >= 15 is 0 Å². The molecule has 0 radical (unpaired) electrons. The first-order valence-corrected chi connectivity index (χ1v) is 6.19. The molecular weight excluding hydrogens is 198 g/mol. The molecule has 2 heterocycles. The normalized spacial score (nSPS) is 23.1. The maximum atomic E-state index is 5.51. The van der Waals surface area contributed by atoms with Crippen molar-refractivity contribution in [3.8, 4) is 0 Å². The van der Waals surface area contributed by atoms with Crippen LogP contribution in [0.2, 0.25) is 0 Å². The van der Waals surface area contributed by atoms with E-state index in [4.69, 9.17) is 4.74 Å². The average Bonchev–Trinajstić information content (AvgIpc) is 2.30. The van der Waals surface area contributed by atoms with Gasteiger partial charge in [0.05, 0.1) is 0 Å². The lowest BCUT2D eigenvalue weighted by Crippen LogP contribution is -2.46. The number of fused-ring (bicyclic) bond motifs is 2. The Bertz CT molecular complexity index is 394. The summed E-state index contributed by atoms with van der Waals surface area (Å²) in [4.78, 5) is 0. The van der Waals surface area contributed by atoms with E-state index in [1.807, 2.05) is 0 Å². The van der Waals surface area contributed by atoms with Crippen LogP contribution in [0, 0.1) is 6.92 Å². The fourth-order valence-electron chi connectivity index (χ4n) is 3.13. The van der Waals surface area contributed by atoms with Crippen molar-refractivity contribution in [3.05, 3.63) is 34.9 Å². The fourth-order valence-corrected chi connectivity index (χ4v) is 3.13. The number of hydrogen-bond donors (Lipinski definition) is 1. The summed E-state index contributed by atoms with van der Waals surface area (Å²) < 4.78 is 5.51. The maximum Gasteiger partial charge on any atom is 0.0475 e. The van der Waals surface area contributed by atoms with E-state index in [-0.39, 0.29) is 0 Å². The molecule has 1 N–H and O–H groups in total. The molecule has 86 valence electrons. The molecule has 1 aromatic rings. The molecule has 2 aliphatic heterocycles. The van der Waals surface area contributed by atoms with Crippen LogP contribution in [0.5, 0.6) is 0 Å². The molecule has 3 rings (SSSR count). The van der Waals surface area contributed by atoms with Crippen molar-refractivity contribution in [2.45, 2.75) is 31.7 Å². The second-order valence-electron chi connectivity index (χ2n) is 5.16. The third-order valence-corrected chi connectivity index (χ3v) is 4.06. The first kappa shape index (κ1) is 10.3. The molecule has 1 spiro atoms. The van der Waals surface area contributed by atoms with Gasteiger partial charge in [0.15, 0.2) is 0 Å². The Labute approximate surface area is 97.0 Å². The molecule has 2 nitrogen and oxygen atoms in total. The van der Waals surface area contributed by atoms with Gasteiger partial charge in [0.25, 0.3) is 0 Å². The second kappa shape index (κ2) is 3.86. The summed E-state index contributed by atoms with van der Waals surface area (Å²) in [5, 5.41) is 3.57. The van der Waals surface area contributed by atoms with Gasteiger partial charge < -0.3 is 10.1 Å². The summed E-state index contributed by atoms with van der Waals surface area (Å²) in [5.74, 6) is 0. The third kappa shape index (κ3) is 1.57. The van der Waals surface area contributed by atoms with E-state index in [2.05, 4.69) is 30.4 Å². The first-order valence-electron chi connectivity index (χ1n) is 6.19. The van der Waals surface area contributed by atoms with Crippen molar-refractivity contribution in [3.63, 3.8) is 0 Å². The van der Waals surface area contributed by atoms with E-state index in [1.165, 1.54) is 11.1 Å². The summed E-state index contributed by atoms with van der Waals surface area (Å²) in [6.07, 6.45) is 2.33. The molecule has 0 aromatic heterocycles. The van der Waals surface area contributed by atoms with Crippen molar-refractivity contribution in [1.29, 1.82) is 0 Å². The topological polar surface area (TPSA) is 21.3 Å². The molecule has 0 saturated carbocycles. The van der Waals surface area contributed by atoms with Gasteiger partial charge in [0.1, 0.15) is 0 Å². The monoisotopic (exact) mass is 217 g/mol. The maximum absolute atomic E-state index is 5.51. The Morgan fingerprint density at radius 2 is 2.06 bits per heavy atom. The van der Waals surface area contributed by atoms with E-state index in [0.29, 0.717) is 5.41 Å². The van der Waals surface area contributed by atoms with Gasteiger partial charge >= 0.3 is 0 Å². The van der Waals surface area contributed by atoms with Crippen LogP contribution in [0.4, 0.5) is 0 Å². The van der Waals surface area contributed by atoms with E-state index in [0.717, 1.165) is 39.1 Å².